The Bertz CT molecular complexity index is 716. The maximum atomic E-state index is 12.1. The van der Waals surface area contributed by atoms with Crippen molar-refractivity contribution in [3.05, 3.63) is 23.8 Å². The third-order valence-electron chi connectivity index (χ3n) is 11.0. The van der Waals surface area contributed by atoms with Gasteiger partial charge in [-0.3, -0.25) is 4.79 Å². The first-order valence-electron chi connectivity index (χ1n) is 13.1. The summed E-state index contributed by atoms with van der Waals surface area (Å²) in [6, 6.07) is 0. The van der Waals surface area contributed by atoms with Gasteiger partial charge in [-0.2, -0.15) is 0 Å². The van der Waals surface area contributed by atoms with Crippen LogP contribution in [0, 0.1) is 46.3 Å². The molecule has 0 amide bonds. The fraction of sp³-hybridized carbons (Fsp3) is 0.828. The van der Waals surface area contributed by atoms with Crippen LogP contribution in [-0.2, 0) is 4.79 Å². The van der Waals surface area contributed by atoms with E-state index in [-0.39, 0.29) is 0 Å². The van der Waals surface area contributed by atoms with Crippen LogP contribution in [0.15, 0.2) is 23.8 Å². The van der Waals surface area contributed by atoms with Crippen LogP contribution >= 0.6 is 0 Å². The summed E-state index contributed by atoms with van der Waals surface area (Å²) in [7, 11) is 0. The highest BCUT2D eigenvalue weighted by molar-refractivity contribution is 5.91. The van der Waals surface area contributed by atoms with E-state index in [0.717, 1.165) is 42.4 Å². The summed E-state index contributed by atoms with van der Waals surface area (Å²) >= 11 is 0. The van der Waals surface area contributed by atoms with E-state index in [9.17, 15) is 4.79 Å². The van der Waals surface area contributed by atoms with Crippen LogP contribution in [0.4, 0.5) is 0 Å². The summed E-state index contributed by atoms with van der Waals surface area (Å²) in [4.78, 5) is 12.1. The highest BCUT2D eigenvalue weighted by atomic mass is 16.1. The molecule has 0 radical (unpaired) electrons. The molecule has 0 bridgehead atoms. The average Bonchev–Trinajstić information content (AvgIpc) is 3.09. The molecule has 4 aliphatic rings. The molecule has 0 aromatic rings. The van der Waals surface area contributed by atoms with E-state index < -0.39 is 0 Å². The van der Waals surface area contributed by atoms with Crippen LogP contribution in [0.25, 0.3) is 0 Å². The Kier molecular flexibility index (Phi) is 6.15. The molecule has 0 aromatic heterocycles. The minimum absolute atomic E-state index is 0.315. The lowest BCUT2D eigenvalue weighted by molar-refractivity contribution is -0.117. The second kappa shape index (κ2) is 8.25. The first-order chi connectivity index (χ1) is 14.2. The number of hydrogen-bond acceptors (Lipinski definition) is 1. The Hall–Kier alpha value is -0.850. The molecule has 0 spiro atoms. The lowest BCUT2D eigenvalue weighted by atomic mass is 9.46. The van der Waals surface area contributed by atoms with Gasteiger partial charge in [-0.1, -0.05) is 52.3 Å². The Morgan fingerprint density at radius 2 is 1.87 bits per heavy atom. The van der Waals surface area contributed by atoms with Crippen LogP contribution in [0.1, 0.15) is 105 Å². The molecule has 0 unspecified atom stereocenters. The first-order valence-corrected chi connectivity index (χ1v) is 13.1. The smallest absolute Gasteiger partial charge is 0.155 e. The SMILES string of the molecule is C=C(CC[C@@H](C)[C@H]1CC[C@H]2[C@@H]3CCC4=CC(=O)CC[C@]4(C)[C@H]3CC[C@]12C)[C@@H](C)CC. The van der Waals surface area contributed by atoms with Gasteiger partial charge in [0.2, 0.25) is 0 Å². The summed E-state index contributed by atoms with van der Waals surface area (Å²) in [6.45, 7) is 16.8. The van der Waals surface area contributed by atoms with E-state index in [4.69, 9.17) is 0 Å². The first kappa shape index (κ1) is 22.3. The fourth-order valence-electron chi connectivity index (χ4n) is 8.68. The number of carbonyl (C=O) groups is 1. The zero-order valence-electron chi connectivity index (χ0n) is 20.4. The Morgan fingerprint density at radius 1 is 1.10 bits per heavy atom. The van der Waals surface area contributed by atoms with Crippen molar-refractivity contribution in [3.63, 3.8) is 0 Å². The summed E-state index contributed by atoms with van der Waals surface area (Å²) < 4.78 is 0. The maximum absolute atomic E-state index is 12.1. The van der Waals surface area contributed by atoms with Crippen molar-refractivity contribution in [2.75, 3.05) is 0 Å². The van der Waals surface area contributed by atoms with Gasteiger partial charge >= 0.3 is 0 Å². The van der Waals surface area contributed by atoms with Crippen molar-refractivity contribution in [1.82, 2.24) is 0 Å². The normalized spacial score (nSPS) is 42.6. The number of hydrogen-bond donors (Lipinski definition) is 0. The standard InChI is InChI=1S/C29H46O/c1-7-19(2)20(3)8-9-21(4)25-12-13-26-24-11-10-22-18-23(30)14-16-28(22,5)27(24)15-17-29(25,26)6/h18-19,21,24-27H,3,7-17H2,1-2,4-6H3/t19-,21+,24-,25+,26-,27-,28-,29+/m0/s1. The van der Waals surface area contributed by atoms with Gasteiger partial charge in [-0.05, 0) is 117 Å². The molecule has 1 heteroatoms. The van der Waals surface area contributed by atoms with Crippen LogP contribution in [0.5, 0.6) is 0 Å². The van der Waals surface area contributed by atoms with Crippen molar-refractivity contribution in [1.29, 1.82) is 0 Å². The largest absolute Gasteiger partial charge is 0.295 e. The third-order valence-corrected chi connectivity index (χ3v) is 11.0. The number of fused-ring (bicyclic) bond motifs is 5. The summed E-state index contributed by atoms with van der Waals surface area (Å²) in [5.74, 6) is 5.40. The van der Waals surface area contributed by atoms with E-state index in [1.165, 1.54) is 68.9 Å². The molecular formula is C29H46O. The molecule has 3 fully saturated rings. The molecule has 1 nitrogen and oxygen atoms in total. The van der Waals surface area contributed by atoms with E-state index in [1.807, 2.05) is 0 Å². The Labute approximate surface area is 186 Å². The van der Waals surface area contributed by atoms with Crippen molar-refractivity contribution in [2.45, 2.75) is 105 Å². The quantitative estimate of drug-likeness (QED) is 0.404. The number of ketones is 1. The molecule has 8 atom stereocenters. The van der Waals surface area contributed by atoms with Crippen molar-refractivity contribution >= 4 is 5.78 Å². The van der Waals surface area contributed by atoms with Gasteiger partial charge in [-0.15, -0.1) is 0 Å². The second-order valence-electron chi connectivity index (χ2n) is 12.2. The highest BCUT2D eigenvalue weighted by Crippen LogP contribution is 2.67. The monoisotopic (exact) mass is 410 g/mol. The van der Waals surface area contributed by atoms with Gasteiger partial charge in [0.1, 0.15) is 0 Å². The van der Waals surface area contributed by atoms with E-state index in [0.29, 0.717) is 22.5 Å². The van der Waals surface area contributed by atoms with E-state index in [1.54, 1.807) is 0 Å². The zero-order chi connectivity index (χ0) is 21.7. The topological polar surface area (TPSA) is 17.1 Å². The second-order valence-corrected chi connectivity index (χ2v) is 12.2. The average molecular weight is 411 g/mol. The Morgan fingerprint density at radius 3 is 2.60 bits per heavy atom. The van der Waals surface area contributed by atoms with Gasteiger partial charge in [0.25, 0.3) is 0 Å². The Balaban J connectivity index is 1.47. The van der Waals surface area contributed by atoms with Gasteiger partial charge in [0.05, 0.1) is 0 Å². The molecule has 0 aliphatic heterocycles. The molecule has 30 heavy (non-hydrogen) atoms. The minimum Gasteiger partial charge on any atom is -0.295 e. The number of rotatable bonds is 6. The summed E-state index contributed by atoms with van der Waals surface area (Å²) in [5.41, 5.74) is 3.84. The molecule has 0 aromatic carbocycles. The van der Waals surface area contributed by atoms with Crippen LogP contribution in [0.3, 0.4) is 0 Å². The van der Waals surface area contributed by atoms with Crippen LogP contribution in [0.2, 0.25) is 0 Å². The molecule has 4 rings (SSSR count). The van der Waals surface area contributed by atoms with Gasteiger partial charge in [0, 0.05) is 6.42 Å². The van der Waals surface area contributed by atoms with Crippen LogP contribution in [-0.4, -0.2) is 5.78 Å². The molecule has 3 saturated carbocycles. The van der Waals surface area contributed by atoms with Gasteiger partial charge in [0.15, 0.2) is 5.78 Å². The third kappa shape index (κ3) is 3.57. The summed E-state index contributed by atoms with van der Waals surface area (Å²) in [6.07, 6.45) is 15.9. The molecule has 0 heterocycles. The highest BCUT2D eigenvalue weighted by Gasteiger charge is 2.59. The van der Waals surface area contributed by atoms with E-state index in [2.05, 4.69) is 47.3 Å². The number of carbonyl (C=O) groups excluding carboxylic acids is 1. The minimum atomic E-state index is 0.315. The van der Waals surface area contributed by atoms with E-state index >= 15 is 0 Å². The van der Waals surface area contributed by atoms with Crippen molar-refractivity contribution in [3.8, 4) is 0 Å². The maximum Gasteiger partial charge on any atom is 0.155 e. The zero-order valence-corrected chi connectivity index (χ0v) is 20.4. The lowest BCUT2D eigenvalue weighted by Gasteiger charge is -2.58. The van der Waals surface area contributed by atoms with Gasteiger partial charge < -0.3 is 0 Å². The van der Waals surface area contributed by atoms with Crippen molar-refractivity contribution < 1.29 is 4.79 Å². The molecule has 4 aliphatic carbocycles. The molecule has 0 N–H and O–H groups in total. The molecule has 0 saturated heterocycles. The molecule has 168 valence electrons. The lowest BCUT2D eigenvalue weighted by Crippen LogP contribution is -2.50. The van der Waals surface area contributed by atoms with Crippen molar-refractivity contribution in [2.24, 2.45) is 46.3 Å². The summed E-state index contributed by atoms with van der Waals surface area (Å²) in [5, 5.41) is 0. The fourth-order valence-corrected chi connectivity index (χ4v) is 8.68. The number of allylic oxidation sites excluding steroid dienone is 2. The van der Waals surface area contributed by atoms with Crippen LogP contribution < -0.4 is 0 Å². The van der Waals surface area contributed by atoms with Gasteiger partial charge in [-0.25, -0.2) is 0 Å². The predicted octanol–water partition coefficient (Wildman–Crippen LogP) is 8.15. The molecular weight excluding hydrogens is 364 g/mol. The predicted molar refractivity (Wildman–Crippen MR) is 127 cm³/mol.